The average Bonchev–Trinajstić information content (AvgIpc) is 3.27. The Bertz CT molecular complexity index is 1070. The minimum absolute atomic E-state index is 0.0168. The summed E-state index contributed by atoms with van der Waals surface area (Å²) in [6.45, 7) is 4.35. The molecule has 2 aliphatic rings. The van der Waals surface area contributed by atoms with Crippen molar-refractivity contribution in [3.8, 4) is 0 Å². The Morgan fingerprint density at radius 2 is 1.71 bits per heavy atom. The number of anilines is 2. The van der Waals surface area contributed by atoms with Crippen molar-refractivity contribution in [3.05, 3.63) is 41.7 Å². The number of amides is 1. The van der Waals surface area contributed by atoms with E-state index in [1.54, 1.807) is 18.5 Å². The molecule has 0 saturated carbocycles. The molecule has 1 amide bonds. The molecule has 0 atom stereocenters. The summed E-state index contributed by atoms with van der Waals surface area (Å²) in [5.41, 5.74) is 2.31. The molecule has 4 heterocycles. The number of hydrogen-bond acceptors (Lipinski definition) is 6. The summed E-state index contributed by atoms with van der Waals surface area (Å²) >= 11 is 6.06. The maximum absolute atomic E-state index is 13.2. The number of aromatic nitrogens is 4. The van der Waals surface area contributed by atoms with E-state index in [-0.39, 0.29) is 22.9 Å². The smallest absolute Gasteiger partial charge is 0.226 e. The largest absolute Gasteiger partial charge is 0.368 e. The van der Waals surface area contributed by atoms with E-state index in [1.807, 2.05) is 4.90 Å². The lowest BCUT2D eigenvalue weighted by Crippen LogP contribution is -2.51. The maximum atomic E-state index is 13.2. The van der Waals surface area contributed by atoms with Gasteiger partial charge in [-0.1, -0.05) is 0 Å². The number of carbonyl (C=O) groups is 1. The predicted octanol–water partition coefficient (Wildman–Crippen LogP) is 2.71. The zero-order chi connectivity index (χ0) is 21.4. The number of imidazole rings is 1. The van der Waals surface area contributed by atoms with Gasteiger partial charge in [0.05, 0.1) is 6.33 Å². The molecule has 2 aromatic heterocycles. The molecule has 1 N–H and O–H groups in total. The molecule has 0 spiro atoms. The third-order valence-corrected chi connectivity index (χ3v) is 6.34. The second kappa shape index (κ2) is 8.30. The van der Waals surface area contributed by atoms with Gasteiger partial charge in [-0.15, -0.1) is 0 Å². The first-order valence-corrected chi connectivity index (χ1v) is 10.9. The van der Waals surface area contributed by atoms with Gasteiger partial charge in [0.15, 0.2) is 11.5 Å². The Morgan fingerprint density at radius 3 is 2.42 bits per heavy atom. The number of H-pyrrole nitrogens is 1. The van der Waals surface area contributed by atoms with Crippen molar-refractivity contribution >= 4 is 40.2 Å². The lowest BCUT2D eigenvalue weighted by molar-refractivity contribution is -0.136. The van der Waals surface area contributed by atoms with E-state index >= 15 is 0 Å². The molecule has 0 aliphatic carbocycles. The number of fused-ring (bicyclic) bond motifs is 1. The molecule has 31 heavy (non-hydrogen) atoms. The molecule has 2 aliphatic heterocycles. The molecule has 3 aromatic rings. The molecule has 5 rings (SSSR count). The fourth-order valence-electron chi connectivity index (χ4n) is 4.45. The maximum Gasteiger partial charge on any atom is 0.226 e. The van der Waals surface area contributed by atoms with Gasteiger partial charge in [0, 0.05) is 50.9 Å². The van der Waals surface area contributed by atoms with Crippen molar-refractivity contribution in [2.24, 2.45) is 5.92 Å². The van der Waals surface area contributed by atoms with Crippen LogP contribution in [0, 0.1) is 11.7 Å². The van der Waals surface area contributed by atoms with E-state index in [0.29, 0.717) is 18.7 Å². The quantitative estimate of drug-likeness (QED) is 0.627. The summed E-state index contributed by atoms with van der Waals surface area (Å²) in [6, 6.07) is 6.53. The Kier molecular flexibility index (Phi) is 5.35. The van der Waals surface area contributed by atoms with Crippen molar-refractivity contribution < 1.29 is 9.18 Å². The highest BCUT2D eigenvalue weighted by Gasteiger charge is 2.31. The van der Waals surface area contributed by atoms with Crippen LogP contribution in [0.3, 0.4) is 0 Å². The standard InChI is InChI=1S/C21H23ClFN7O/c22-21-26-18-17(24-13-25-18)19(27-21)29-7-5-14(6-8-29)20(31)30-11-9-28(10-12-30)16-3-1-15(23)2-4-16/h1-4,13-14H,5-12H2,(H,24,25,26,27). The SMILES string of the molecule is O=C(C1CCN(c2nc(Cl)nc3nc[nH]c23)CC1)N1CCN(c2ccc(F)cc2)CC1. The van der Waals surface area contributed by atoms with Crippen LogP contribution in [0.1, 0.15) is 12.8 Å². The van der Waals surface area contributed by atoms with Gasteiger partial charge < -0.3 is 19.7 Å². The third-order valence-electron chi connectivity index (χ3n) is 6.17. The van der Waals surface area contributed by atoms with E-state index in [2.05, 4.69) is 29.7 Å². The van der Waals surface area contributed by atoms with E-state index < -0.39 is 0 Å². The lowest BCUT2D eigenvalue weighted by Gasteiger charge is -2.39. The van der Waals surface area contributed by atoms with Crippen LogP contribution in [0.15, 0.2) is 30.6 Å². The molecule has 0 radical (unpaired) electrons. The Morgan fingerprint density at radius 1 is 1.00 bits per heavy atom. The van der Waals surface area contributed by atoms with Crippen LogP contribution >= 0.6 is 11.6 Å². The fourth-order valence-corrected chi connectivity index (χ4v) is 4.61. The van der Waals surface area contributed by atoms with Crippen LogP contribution < -0.4 is 9.80 Å². The van der Waals surface area contributed by atoms with Crippen molar-refractivity contribution in [1.82, 2.24) is 24.8 Å². The summed E-state index contributed by atoms with van der Waals surface area (Å²) in [5.74, 6) is 0.752. The number of nitrogens with zero attached hydrogens (tertiary/aromatic N) is 6. The highest BCUT2D eigenvalue weighted by atomic mass is 35.5. The van der Waals surface area contributed by atoms with Crippen molar-refractivity contribution in [1.29, 1.82) is 0 Å². The molecule has 1 aromatic carbocycles. The highest BCUT2D eigenvalue weighted by molar-refractivity contribution is 6.28. The number of nitrogens with one attached hydrogen (secondary N) is 1. The molecular weight excluding hydrogens is 421 g/mol. The van der Waals surface area contributed by atoms with Crippen molar-refractivity contribution in [3.63, 3.8) is 0 Å². The van der Waals surface area contributed by atoms with Gasteiger partial charge in [-0.25, -0.2) is 9.37 Å². The number of piperidine rings is 1. The van der Waals surface area contributed by atoms with Gasteiger partial charge >= 0.3 is 0 Å². The first-order chi connectivity index (χ1) is 15.1. The van der Waals surface area contributed by atoms with E-state index in [0.717, 1.165) is 56.0 Å². The predicted molar refractivity (Wildman–Crippen MR) is 117 cm³/mol. The van der Waals surface area contributed by atoms with Crippen LogP contribution in [0.25, 0.3) is 11.2 Å². The molecule has 0 unspecified atom stereocenters. The molecule has 10 heteroatoms. The Hall–Kier alpha value is -2.94. The van der Waals surface area contributed by atoms with E-state index in [1.165, 1.54) is 12.1 Å². The Labute approximate surface area is 184 Å². The summed E-state index contributed by atoms with van der Waals surface area (Å²) in [7, 11) is 0. The van der Waals surface area contributed by atoms with Crippen LogP contribution in [-0.2, 0) is 4.79 Å². The molecule has 2 fully saturated rings. The van der Waals surface area contributed by atoms with E-state index in [9.17, 15) is 9.18 Å². The first-order valence-electron chi connectivity index (χ1n) is 10.5. The molecule has 0 bridgehead atoms. The minimum atomic E-state index is -0.235. The summed E-state index contributed by atoms with van der Waals surface area (Å²) in [4.78, 5) is 35.2. The molecule has 8 nitrogen and oxygen atoms in total. The van der Waals surface area contributed by atoms with Gasteiger partial charge in [0.25, 0.3) is 0 Å². The monoisotopic (exact) mass is 443 g/mol. The topological polar surface area (TPSA) is 81.2 Å². The third kappa shape index (κ3) is 4.01. The van der Waals surface area contributed by atoms with Crippen LogP contribution in [0.2, 0.25) is 5.28 Å². The summed E-state index contributed by atoms with van der Waals surface area (Å²) in [6.07, 6.45) is 3.13. The van der Waals surface area contributed by atoms with Gasteiger partial charge in [0.2, 0.25) is 11.2 Å². The summed E-state index contributed by atoms with van der Waals surface area (Å²) in [5, 5.41) is 0.173. The van der Waals surface area contributed by atoms with E-state index in [4.69, 9.17) is 11.6 Å². The number of halogens is 2. The van der Waals surface area contributed by atoms with Gasteiger partial charge in [-0.2, -0.15) is 9.97 Å². The van der Waals surface area contributed by atoms with Crippen molar-refractivity contribution in [2.75, 3.05) is 49.1 Å². The zero-order valence-corrected chi connectivity index (χ0v) is 17.7. The zero-order valence-electron chi connectivity index (χ0n) is 17.0. The first kappa shape index (κ1) is 20.0. The number of hydrogen-bond donors (Lipinski definition) is 1. The second-order valence-corrected chi connectivity index (χ2v) is 8.31. The van der Waals surface area contributed by atoms with Crippen LogP contribution in [0.4, 0.5) is 15.9 Å². The number of rotatable bonds is 3. The summed E-state index contributed by atoms with van der Waals surface area (Å²) < 4.78 is 13.2. The van der Waals surface area contributed by atoms with Gasteiger partial charge in [-0.3, -0.25) is 4.79 Å². The number of carbonyl (C=O) groups excluding carboxylic acids is 1. The Balaban J connectivity index is 1.18. The van der Waals surface area contributed by atoms with Gasteiger partial charge in [-0.05, 0) is 48.7 Å². The van der Waals surface area contributed by atoms with Gasteiger partial charge in [0.1, 0.15) is 11.3 Å². The number of piperazine rings is 1. The van der Waals surface area contributed by atoms with Crippen molar-refractivity contribution in [2.45, 2.75) is 12.8 Å². The van der Waals surface area contributed by atoms with Crippen LogP contribution in [-0.4, -0.2) is 70.0 Å². The number of aromatic amines is 1. The molecule has 162 valence electrons. The minimum Gasteiger partial charge on any atom is -0.368 e. The fraction of sp³-hybridized carbons (Fsp3) is 0.429. The van der Waals surface area contributed by atoms with Crippen LogP contribution in [0.5, 0.6) is 0 Å². The molecular formula is C21H23ClFN7O. The second-order valence-electron chi connectivity index (χ2n) is 7.97. The number of benzene rings is 1. The lowest BCUT2D eigenvalue weighted by atomic mass is 9.95. The average molecular weight is 444 g/mol. The highest BCUT2D eigenvalue weighted by Crippen LogP contribution is 2.28. The molecule has 2 saturated heterocycles. The normalized spacial score (nSPS) is 18.1.